The van der Waals surface area contributed by atoms with Gasteiger partial charge in [0, 0.05) is 50.2 Å². The lowest BCUT2D eigenvalue weighted by Crippen LogP contribution is -2.52. The van der Waals surface area contributed by atoms with Gasteiger partial charge >= 0.3 is 6.03 Å². The van der Waals surface area contributed by atoms with Gasteiger partial charge in [-0.05, 0) is 42.5 Å². The third-order valence-electron chi connectivity index (χ3n) is 4.63. The number of urea groups is 1. The predicted molar refractivity (Wildman–Crippen MR) is 113 cm³/mol. The first-order valence-electron chi connectivity index (χ1n) is 9.61. The highest BCUT2D eigenvalue weighted by atomic mass is 19.1. The van der Waals surface area contributed by atoms with Crippen LogP contribution in [0.1, 0.15) is 6.92 Å². The topological polar surface area (TPSA) is 93.8 Å². The van der Waals surface area contributed by atoms with Crippen LogP contribution in [0.15, 0.2) is 48.5 Å². The molecule has 0 atom stereocenters. The molecule has 9 heteroatoms. The molecule has 1 aliphatic rings. The minimum atomic E-state index is -0.367. The van der Waals surface area contributed by atoms with E-state index in [2.05, 4.69) is 20.9 Å². The van der Waals surface area contributed by atoms with Crippen LogP contribution in [0, 0.1) is 5.82 Å². The Labute approximate surface area is 174 Å². The number of hydrogen-bond acceptors (Lipinski definition) is 4. The van der Waals surface area contributed by atoms with E-state index in [1.807, 2.05) is 0 Å². The van der Waals surface area contributed by atoms with Crippen LogP contribution in [0.3, 0.4) is 0 Å². The number of carbonyl (C=O) groups excluding carboxylic acids is 3. The molecular formula is C21H24FN5O3. The maximum atomic E-state index is 13.1. The van der Waals surface area contributed by atoms with Gasteiger partial charge in [-0.15, -0.1) is 0 Å². The van der Waals surface area contributed by atoms with Gasteiger partial charge in [-0.1, -0.05) is 6.07 Å². The standard InChI is InChI=1S/C21H24FN5O3/c1-15(28)24-17-3-2-4-18(13-17)25-20(29)14-23-21(30)27-11-9-26(10-12-27)19-7-5-16(22)6-8-19/h2-8,13H,9-12,14H2,1H3,(H,23,30)(H,24,28)(H,25,29). The molecule has 0 radical (unpaired) electrons. The number of amides is 4. The van der Waals surface area contributed by atoms with Crippen molar-refractivity contribution >= 4 is 34.9 Å². The largest absolute Gasteiger partial charge is 0.368 e. The number of anilines is 3. The molecule has 0 spiro atoms. The van der Waals surface area contributed by atoms with Crippen LogP contribution in [0.4, 0.5) is 26.2 Å². The summed E-state index contributed by atoms with van der Waals surface area (Å²) in [6.45, 7) is 3.50. The third kappa shape index (κ3) is 5.94. The normalized spacial score (nSPS) is 13.5. The number of hydrogen-bond donors (Lipinski definition) is 3. The van der Waals surface area contributed by atoms with Crippen LogP contribution >= 0.6 is 0 Å². The van der Waals surface area contributed by atoms with Crippen molar-refractivity contribution in [1.29, 1.82) is 0 Å². The van der Waals surface area contributed by atoms with Crippen molar-refractivity contribution in [3.05, 3.63) is 54.3 Å². The van der Waals surface area contributed by atoms with Crippen LogP contribution < -0.4 is 20.9 Å². The van der Waals surface area contributed by atoms with E-state index in [0.29, 0.717) is 37.6 Å². The second-order valence-electron chi connectivity index (χ2n) is 6.92. The molecule has 4 amide bonds. The highest BCUT2D eigenvalue weighted by Crippen LogP contribution is 2.17. The Hall–Kier alpha value is -3.62. The minimum absolute atomic E-state index is 0.165. The number of piperazine rings is 1. The molecule has 1 fully saturated rings. The van der Waals surface area contributed by atoms with Crippen molar-refractivity contribution in [3.8, 4) is 0 Å². The van der Waals surface area contributed by atoms with Crippen LogP contribution in [-0.4, -0.2) is 55.5 Å². The summed E-state index contributed by atoms with van der Waals surface area (Å²) >= 11 is 0. The van der Waals surface area contributed by atoms with Crippen molar-refractivity contribution in [2.45, 2.75) is 6.92 Å². The van der Waals surface area contributed by atoms with E-state index >= 15 is 0 Å². The average Bonchev–Trinajstić information content (AvgIpc) is 2.72. The Morgan fingerprint density at radius 1 is 0.933 bits per heavy atom. The number of halogens is 1. The summed E-state index contributed by atoms with van der Waals surface area (Å²) in [4.78, 5) is 39.3. The Balaban J connectivity index is 1.43. The van der Waals surface area contributed by atoms with E-state index in [-0.39, 0.29) is 30.2 Å². The monoisotopic (exact) mass is 413 g/mol. The minimum Gasteiger partial charge on any atom is -0.368 e. The molecule has 30 heavy (non-hydrogen) atoms. The lowest BCUT2D eigenvalue weighted by molar-refractivity contribution is -0.115. The summed E-state index contributed by atoms with van der Waals surface area (Å²) in [6, 6.07) is 12.7. The highest BCUT2D eigenvalue weighted by Gasteiger charge is 2.21. The van der Waals surface area contributed by atoms with E-state index in [4.69, 9.17) is 0 Å². The van der Waals surface area contributed by atoms with E-state index in [9.17, 15) is 18.8 Å². The zero-order valence-corrected chi connectivity index (χ0v) is 16.7. The summed E-state index contributed by atoms with van der Waals surface area (Å²) in [5.41, 5.74) is 2.01. The predicted octanol–water partition coefficient (Wildman–Crippen LogP) is 2.25. The van der Waals surface area contributed by atoms with Gasteiger partial charge in [-0.2, -0.15) is 0 Å². The van der Waals surface area contributed by atoms with Crippen molar-refractivity contribution in [2.75, 3.05) is 48.3 Å². The van der Waals surface area contributed by atoms with E-state index < -0.39 is 0 Å². The highest BCUT2D eigenvalue weighted by molar-refractivity contribution is 5.95. The lowest BCUT2D eigenvalue weighted by Gasteiger charge is -2.36. The van der Waals surface area contributed by atoms with E-state index in [0.717, 1.165) is 5.69 Å². The summed E-state index contributed by atoms with van der Waals surface area (Å²) < 4.78 is 13.1. The fraction of sp³-hybridized carbons (Fsp3) is 0.286. The first kappa shape index (κ1) is 21.1. The maximum Gasteiger partial charge on any atom is 0.317 e. The fourth-order valence-electron chi connectivity index (χ4n) is 3.17. The molecule has 158 valence electrons. The second-order valence-corrected chi connectivity index (χ2v) is 6.92. The molecule has 0 aromatic heterocycles. The van der Waals surface area contributed by atoms with Crippen LogP contribution in [-0.2, 0) is 9.59 Å². The summed E-state index contributed by atoms with van der Waals surface area (Å²) in [7, 11) is 0. The van der Waals surface area contributed by atoms with Gasteiger partial charge in [0.25, 0.3) is 0 Å². The number of benzene rings is 2. The molecular weight excluding hydrogens is 389 g/mol. The van der Waals surface area contributed by atoms with Crippen molar-refractivity contribution in [2.24, 2.45) is 0 Å². The van der Waals surface area contributed by atoms with Gasteiger partial charge in [-0.25, -0.2) is 9.18 Å². The Bertz CT molecular complexity index is 911. The van der Waals surface area contributed by atoms with Crippen molar-refractivity contribution < 1.29 is 18.8 Å². The smallest absolute Gasteiger partial charge is 0.317 e. The Kier molecular flexibility index (Phi) is 6.84. The molecule has 0 saturated carbocycles. The third-order valence-corrected chi connectivity index (χ3v) is 4.63. The first-order chi connectivity index (χ1) is 14.4. The number of nitrogens with one attached hydrogen (secondary N) is 3. The van der Waals surface area contributed by atoms with Crippen LogP contribution in [0.5, 0.6) is 0 Å². The number of rotatable bonds is 5. The summed E-state index contributed by atoms with van der Waals surface area (Å²) in [5.74, 6) is -0.851. The summed E-state index contributed by atoms with van der Waals surface area (Å²) in [5, 5.41) is 7.94. The maximum absolute atomic E-state index is 13.1. The van der Waals surface area contributed by atoms with Gasteiger partial charge < -0.3 is 25.8 Å². The van der Waals surface area contributed by atoms with Gasteiger partial charge in [0.2, 0.25) is 11.8 Å². The Morgan fingerprint density at radius 2 is 1.57 bits per heavy atom. The molecule has 0 aliphatic carbocycles. The van der Waals surface area contributed by atoms with Gasteiger partial charge in [0.1, 0.15) is 5.82 Å². The molecule has 0 unspecified atom stereocenters. The first-order valence-corrected chi connectivity index (χ1v) is 9.61. The quantitative estimate of drug-likeness (QED) is 0.701. The molecule has 0 bridgehead atoms. The molecule has 1 heterocycles. The fourth-order valence-corrected chi connectivity index (χ4v) is 3.17. The second kappa shape index (κ2) is 9.73. The molecule has 2 aromatic rings. The SMILES string of the molecule is CC(=O)Nc1cccc(NC(=O)CNC(=O)N2CCN(c3ccc(F)cc3)CC2)c1. The van der Waals surface area contributed by atoms with E-state index in [1.165, 1.54) is 19.1 Å². The van der Waals surface area contributed by atoms with Crippen molar-refractivity contribution in [1.82, 2.24) is 10.2 Å². The van der Waals surface area contributed by atoms with E-state index in [1.54, 1.807) is 41.3 Å². The zero-order valence-electron chi connectivity index (χ0n) is 16.7. The van der Waals surface area contributed by atoms with Crippen molar-refractivity contribution in [3.63, 3.8) is 0 Å². The zero-order chi connectivity index (χ0) is 21.5. The molecule has 1 aliphatic heterocycles. The Morgan fingerprint density at radius 3 is 2.20 bits per heavy atom. The molecule has 3 rings (SSSR count). The lowest BCUT2D eigenvalue weighted by atomic mass is 10.2. The number of nitrogens with zero attached hydrogens (tertiary/aromatic N) is 2. The van der Waals surface area contributed by atoms with Crippen LogP contribution in [0.2, 0.25) is 0 Å². The van der Waals surface area contributed by atoms with Crippen LogP contribution in [0.25, 0.3) is 0 Å². The molecule has 8 nitrogen and oxygen atoms in total. The molecule has 3 N–H and O–H groups in total. The molecule has 1 saturated heterocycles. The van der Waals surface area contributed by atoms with Gasteiger partial charge in [0.15, 0.2) is 0 Å². The van der Waals surface area contributed by atoms with Gasteiger partial charge in [-0.3, -0.25) is 9.59 Å². The molecule has 2 aromatic carbocycles. The van der Waals surface area contributed by atoms with Gasteiger partial charge in [0.05, 0.1) is 6.54 Å². The number of carbonyl (C=O) groups is 3. The average molecular weight is 413 g/mol. The summed E-state index contributed by atoms with van der Waals surface area (Å²) in [6.07, 6.45) is 0.